The van der Waals surface area contributed by atoms with Gasteiger partial charge in [0.1, 0.15) is 5.82 Å². The molecule has 1 atom stereocenters. The molecule has 0 N–H and O–H groups in total. The van der Waals surface area contributed by atoms with Crippen LogP contribution in [0.3, 0.4) is 0 Å². The summed E-state index contributed by atoms with van der Waals surface area (Å²) >= 11 is 7.07. The van der Waals surface area contributed by atoms with Crippen molar-refractivity contribution in [2.45, 2.75) is 38.3 Å². The van der Waals surface area contributed by atoms with Gasteiger partial charge in [0.15, 0.2) is 0 Å². The molecule has 2 rings (SSSR count). The lowest BCUT2D eigenvalue weighted by molar-refractivity contribution is 0.209. The number of alkyl halides is 1. The van der Waals surface area contributed by atoms with Crippen LogP contribution in [-0.2, 0) is 6.54 Å². The van der Waals surface area contributed by atoms with Gasteiger partial charge >= 0.3 is 0 Å². The van der Waals surface area contributed by atoms with Crippen molar-refractivity contribution in [3.05, 3.63) is 34.1 Å². The van der Waals surface area contributed by atoms with Crippen LogP contribution in [-0.4, -0.2) is 22.8 Å². The zero-order valence-corrected chi connectivity index (χ0v) is 13.5. The molecule has 18 heavy (non-hydrogen) atoms. The lowest BCUT2D eigenvalue weighted by Crippen LogP contribution is -2.35. The lowest BCUT2D eigenvalue weighted by atomic mass is 10.1. The highest BCUT2D eigenvalue weighted by Crippen LogP contribution is 2.24. The molecule has 1 aromatic carbocycles. The highest BCUT2D eigenvalue weighted by atomic mass is 79.9. The molecule has 1 unspecified atom stereocenters. The predicted molar refractivity (Wildman–Crippen MR) is 80.6 cm³/mol. The van der Waals surface area contributed by atoms with Gasteiger partial charge in [-0.3, -0.25) is 4.90 Å². The molecule has 1 heterocycles. The van der Waals surface area contributed by atoms with Crippen LogP contribution in [0.4, 0.5) is 4.39 Å². The predicted octanol–water partition coefficient (Wildman–Crippen LogP) is 4.73. The van der Waals surface area contributed by atoms with Crippen molar-refractivity contribution in [1.29, 1.82) is 0 Å². The van der Waals surface area contributed by atoms with Gasteiger partial charge in [-0.15, -0.1) is 0 Å². The molecule has 1 fully saturated rings. The van der Waals surface area contributed by atoms with Gasteiger partial charge in [-0.25, -0.2) is 4.39 Å². The summed E-state index contributed by atoms with van der Waals surface area (Å²) in [5.41, 5.74) is 1.17. The summed E-state index contributed by atoms with van der Waals surface area (Å²) < 4.78 is 14.0. The molecule has 1 nitrogen and oxygen atoms in total. The van der Waals surface area contributed by atoms with E-state index in [0.29, 0.717) is 6.04 Å². The zero-order chi connectivity index (χ0) is 13.0. The number of hydrogen-bond donors (Lipinski definition) is 0. The number of halogens is 3. The standard InChI is InChI=1S/C14H18Br2FN/c15-9-13-4-2-1-3-7-18(13)10-11-5-6-12(17)8-14(11)16/h5-6,8,13H,1-4,7,9-10H2. The average Bonchev–Trinajstić information content (AvgIpc) is 2.57. The van der Waals surface area contributed by atoms with E-state index in [1.807, 2.05) is 6.07 Å². The second kappa shape index (κ2) is 7.01. The summed E-state index contributed by atoms with van der Waals surface area (Å²) in [4.78, 5) is 2.51. The van der Waals surface area contributed by atoms with E-state index in [1.165, 1.54) is 31.2 Å². The quantitative estimate of drug-likeness (QED) is 0.687. The van der Waals surface area contributed by atoms with Crippen molar-refractivity contribution in [1.82, 2.24) is 4.90 Å². The summed E-state index contributed by atoms with van der Waals surface area (Å²) in [6, 6.07) is 5.58. The van der Waals surface area contributed by atoms with Crippen LogP contribution in [0.5, 0.6) is 0 Å². The van der Waals surface area contributed by atoms with Crippen molar-refractivity contribution in [2.75, 3.05) is 11.9 Å². The van der Waals surface area contributed by atoms with Crippen molar-refractivity contribution in [2.24, 2.45) is 0 Å². The van der Waals surface area contributed by atoms with E-state index in [4.69, 9.17) is 0 Å². The number of hydrogen-bond acceptors (Lipinski definition) is 1. The third-order valence-corrected chi connectivity index (χ3v) is 5.05. The van der Waals surface area contributed by atoms with Gasteiger partial charge in [0.25, 0.3) is 0 Å². The molecule has 1 aromatic rings. The number of likely N-dealkylation sites (tertiary alicyclic amines) is 1. The molecule has 100 valence electrons. The second-order valence-corrected chi connectivity index (χ2v) is 6.37. The minimum Gasteiger partial charge on any atom is -0.295 e. The fraction of sp³-hybridized carbons (Fsp3) is 0.571. The molecule has 0 aromatic heterocycles. The maximum Gasteiger partial charge on any atom is 0.124 e. The van der Waals surface area contributed by atoms with Crippen molar-refractivity contribution >= 4 is 31.9 Å². The molecule has 0 saturated carbocycles. The first-order valence-electron chi connectivity index (χ1n) is 6.44. The summed E-state index contributed by atoms with van der Waals surface area (Å²) in [7, 11) is 0. The normalized spacial score (nSPS) is 21.8. The second-order valence-electron chi connectivity index (χ2n) is 4.86. The van der Waals surface area contributed by atoms with Crippen LogP contribution in [0, 0.1) is 5.82 Å². The Hall–Kier alpha value is 0.0700. The molecule has 4 heteroatoms. The number of rotatable bonds is 3. The average molecular weight is 379 g/mol. The van der Waals surface area contributed by atoms with Crippen LogP contribution in [0.15, 0.2) is 22.7 Å². The Morgan fingerprint density at radius 3 is 2.83 bits per heavy atom. The molecule has 1 saturated heterocycles. The smallest absolute Gasteiger partial charge is 0.124 e. The van der Waals surface area contributed by atoms with Crippen molar-refractivity contribution in [3.8, 4) is 0 Å². The summed E-state index contributed by atoms with van der Waals surface area (Å²) in [6.07, 6.45) is 5.16. The van der Waals surface area contributed by atoms with E-state index >= 15 is 0 Å². The summed E-state index contributed by atoms with van der Waals surface area (Å²) in [6.45, 7) is 2.04. The molecular formula is C14H18Br2FN. The van der Waals surface area contributed by atoms with E-state index in [1.54, 1.807) is 12.1 Å². The molecule has 1 aliphatic rings. The third kappa shape index (κ3) is 3.78. The zero-order valence-electron chi connectivity index (χ0n) is 10.3. The third-order valence-electron chi connectivity index (χ3n) is 3.57. The SMILES string of the molecule is Fc1ccc(CN2CCCCCC2CBr)c(Br)c1. The molecule has 0 amide bonds. The van der Waals surface area contributed by atoms with Gasteiger partial charge in [0.2, 0.25) is 0 Å². The summed E-state index contributed by atoms with van der Waals surface area (Å²) in [5, 5.41) is 1.02. The fourth-order valence-corrected chi connectivity index (χ4v) is 3.70. The Balaban J connectivity index is 2.10. The van der Waals surface area contributed by atoms with Gasteiger partial charge in [-0.2, -0.15) is 0 Å². The number of nitrogens with zero attached hydrogens (tertiary/aromatic N) is 1. The van der Waals surface area contributed by atoms with E-state index in [0.717, 1.165) is 22.9 Å². The van der Waals surface area contributed by atoms with Crippen molar-refractivity contribution in [3.63, 3.8) is 0 Å². The first-order valence-corrected chi connectivity index (χ1v) is 8.36. The Kier molecular flexibility index (Phi) is 5.64. The van der Waals surface area contributed by atoms with Gasteiger partial charge in [0, 0.05) is 22.4 Å². The number of benzene rings is 1. The minimum atomic E-state index is -0.182. The highest BCUT2D eigenvalue weighted by molar-refractivity contribution is 9.10. The van der Waals surface area contributed by atoms with Crippen molar-refractivity contribution < 1.29 is 4.39 Å². The van der Waals surface area contributed by atoms with Crippen LogP contribution < -0.4 is 0 Å². The largest absolute Gasteiger partial charge is 0.295 e. The maximum atomic E-state index is 13.1. The van der Waals surface area contributed by atoms with E-state index in [2.05, 4.69) is 36.8 Å². The Morgan fingerprint density at radius 2 is 2.11 bits per heavy atom. The fourth-order valence-electron chi connectivity index (χ4n) is 2.49. The lowest BCUT2D eigenvalue weighted by Gasteiger charge is -2.28. The topological polar surface area (TPSA) is 3.24 Å². The minimum absolute atomic E-state index is 0.182. The molecule has 0 bridgehead atoms. The van der Waals surface area contributed by atoms with E-state index in [9.17, 15) is 4.39 Å². The molecule has 0 radical (unpaired) electrons. The van der Waals surface area contributed by atoms with E-state index in [-0.39, 0.29) is 5.82 Å². The molecule has 0 spiro atoms. The van der Waals surface area contributed by atoms with Gasteiger partial charge in [-0.1, -0.05) is 50.8 Å². The Morgan fingerprint density at radius 1 is 1.28 bits per heavy atom. The highest BCUT2D eigenvalue weighted by Gasteiger charge is 2.20. The monoisotopic (exact) mass is 377 g/mol. The van der Waals surface area contributed by atoms with Gasteiger partial charge in [0.05, 0.1) is 0 Å². The summed E-state index contributed by atoms with van der Waals surface area (Å²) in [5.74, 6) is -0.182. The van der Waals surface area contributed by atoms with Gasteiger partial charge in [-0.05, 0) is 37.1 Å². The van der Waals surface area contributed by atoms with E-state index < -0.39 is 0 Å². The Bertz CT molecular complexity index is 397. The molecular weight excluding hydrogens is 361 g/mol. The van der Waals surface area contributed by atoms with Crippen LogP contribution in [0.1, 0.15) is 31.2 Å². The Labute approximate surface area is 125 Å². The molecule has 1 aliphatic heterocycles. The van der Waals surface area contributed by atoms with Gasteiger partial charge < -0.3 is 0 Å². The first kappa shape index (κ1) is 14.5. The first-order chi connectivity index (χ1) is 8.70. The van der Waals surface area contributed by atoms with Crippen LogP contribution in [0.2, 0.25) is 0 Å². The van der Waals surface area contributed by atoms with Crippen LogP contribution in [0.25, 0.3) is 0 Å². The van der Waals surface area contributed by atoms with Crippen LogP contribution >= 0.6 is 31.9 Å². The molecule has 0 aliphatic carbocycles. The maximum absolute atomic E-state index is 13.1.